The van der Waals surface area contributed by atoms with E-state index in [1.54, 1.807) is 18.3 Å². The summed E-state index contributed by atoms with van der Waals surface area (Å²) in [6.07, 6.45) is 4.32. The summed E-state index contributed by atoms with van der Waals surface area (Å²) in [6, 6.07) is 5.51. The Hall–Kier alpha value is -2.13. The number of likely N-dealkylation sites (tertiary alicyclic amines) is 1. The summed E-state index contributed by atoms with van der Waals surface area (Å²) >= 11 is 0. The maximum atomic E-state index is 12.3. The zero-order valence-corrected chi connectivity index (χ0v) is 13.1. The quantitative estimate of drug-likeness (QED) is 0.843. The number of ether oxygens (including phenoxy) is 2. The van der Waals surface area contributed by atoms with Crippen LogP contribution < -0.4 is 4.74 Å². The molecule has 6 nitrogen and oxygen atoms in total. The average Bonchev–Trinajstić information content (AvgIpc) is 3.14. The summed E-state index contributed by atoms with van der Waals surface area (Å²) in [5.74, 6) is 1.08. The number of aromatic nitrogens is 1. The largest absolute Gasteiger partial charge is 0.476 e. The number of carbonyl (C=O) groups excluding carboxylic acids is 1. The third-order valence-corrected chi connectivity index (χ3v) is 4.55. The molecule has 0 aliphatic carbocycles. The molecular formula is C17H21N3O3. The fourth-order valence-corrected chi connectivity index (χ4v) is 3.10. The van der Waals surface area contributed by atoms with E-state index in [1.165, 1.54) is 0 Å². The highest BCUT2D eigenvalue weighted by Crippen LogP contribution is 2.23. The van der Waals surface area contributed by atoms with Gasteiger partial charge in [-0.3, -0.25) is 4.79 Å². The normalized spacial score (nSPS) is 21.9. The molecule has 23 heavy (non-hydrogen) atoms. The molecule has 1 aromatic rings. The number of rotatable bonds is 4. The van der Waals surface area contributed by atoms with Crippen LogP contribution >= 0.6 is 0 Å². The molecular weight excluding hydrogens is 294 g/mol. The Kier molecular flexibility index (Phi) is 5.09. The number of piperidine rings is 1. The lowest BCUT2D eigenvalue weighted by Crippen LogP contribution is -2.42. The van der Waals surface area contributed by atoms with E-state index >= 15 is 0 Å². The molecule has 2 aliphatic heterocycles. The van der Waals surface area contributed by atoms with Crippen LogP contribution in [0, 0.1) is 23.2 Å². The van der Waals surface area contributed by atoms with E-state index in [2.05, 4.69) is 11.1 Å². The van der Waals surface area contributed by atoms with Gasteiger partial charge in [-0.15, -0.1) is 0 Å². The molecule has 0 spiro atoms. The number of nitriles is 1. The van der Waals surface area contributed by atoms with Crippen molar-refractivity contribution >= 4 is 5.91 Å². The van der Waals surface area contributed by atoms with E-state index in [0.717, 1.165) is 32.4 Å². The van der Waals surface area contributed by atoms with E-state index in [1.807, 2.05) is 4.90 Å². The highest BCUT2D eigenvalue weighted by Gasteiger charge is 2.30. The van der Waals surface area contributed by atoms with E-state index < -0.39 is 0 Å². The van der Waals surface area contributed by atoms with Crippen LogP contribution in [0.3, 0.4) is 0 Å². The number of pyridine rings is 1. The summed E-state index contributed by atoms with van der Waals surface area (Å²) in [7, 11) is 0. The minimum Gasteiger partial charge on any atom is -0.476 e. The van der Waals surface area contributed by atoms with Crippen molar-refractivity contribution in [1.82, 2.24) is 9.88 Å². The molecule has 0 saturated carbocycles. The van der Waals surface area contributed by atoms with Gasteiger partial charge in [-0.25, -0.2) is 4.98 Å². The van der Waals surface area contributed by atoms with Gasteiger partial charge in [0.2, 0.25) is 11.8 Å². The molecule has 6 heteroatoms. The Labute approximate surface area is 136 Å². The van der Waals surface area contributed by atoms with Gasteiger partial charge in [-0.2, -0.15) is 5.26 Å². The summed E-state index contributed by atoms with van der Waals surface area (Å²) in [4.78, 5) is 18.4. The maximum absolute atomic E-state index is 12.3. The van der Waals surface area contributed by atoms with Crippen LogP contribution in [0.4, 0.5) is 0 Å². The van der Waals surface area contributed by atoms with Gasteiger partial charge in [0, 0.05) is 25.9 Å². The van der Waals surface area contributed by atoms with Crippen LogP contribution in [-0.2, 0) is 9.53 Å². The lowest BCUT2D eigenvalue weighted by molar-refractivity contribution is -0.137. The first-order valence-electron chi connectivity index (χ1n) is 8.12. The fraction of sp³-hybridized carbons (Fsp3) is 0.588. The minimum absolute atomic E-state index is 0.0505. The zero-order valence-electron chi connectivity index (χ0n) is 13.1. The van der Waals surface area contributed by atoms with Crippen molar-refractivity contribution in [3.05, 3.63) is 23.9 Å². The van der Waals surface area contributed by atoms with E-state index in [-0.39, 0.29) is 11.8 Å². The Bertz CT molecular complexity index is 585. The van der Waals surface area contributed by atoms with E-state index in [0.29, 0.717) is 37.2 Å². The number of hydrogen-bond donors (Lipinski definition) is 0. The third-order valence-electron chi connectivity index (χ3n) is 4.55. The molecule has 1 aromatic heterocycles. The highest BCUT2D eigenvalue weighted by molar-refractivity contribution is 5.79. The van der Waals surface area contributed by atoms with Crippen LogP contribution in [0.1, 0.15) is 24.8 Å². The number of carbonyl (C=O) groups is 1. The van der Waals surface area contributed by atoms with Gasteiger partial charge in [0.15, 0.2) is 0 Å². The molecule has 2 saturated heterocycles. The second kappa shape index (κ2) is 7.42. The van der Waals surface area contributed by atoms with Gasteiger partial charge in [0.1, 0.15) is 11.6 Å². The third kappa shape index (κ3) is 3.80. The molecule has 0 radical (unpaired) electrons. The monoisotopic (exact) mass is 315 g/mol. The van der Waals surface area contributed by atoms with Crippen LogP contribution in [0.25, 0.3) is 0 Å². The molecule has 1 amide bonds. The van der Waals surface area contributed by atoms with Crippen molar-refractivity contribution in [2.24, 2.45) is 11.8 Å². The Morgan fingerprint density at radius 3 is 2.96 bits per heavy atom. The van der Waals surface area contributed by atoms with E-state index in [9.17, 15) is 4.79 Å². The second-order valence-corrected chi connectivity index (χ2v) is 6.11. The minimum atomic E-state index is 0.0505. The summed E-state index contributed by atoms with van der Waals surface area (Å²) in [5.41, 5.74) is 0.460. The predicted octanol–water partition coefficient (Wildman–Crippen LogP) is 1.61. The molecule has 0 aromatic carbocycles. The molecule has 1 atom stereocenters. The lowest BCUT2D eigenvalue weighted by atomic mass is 9.96. The summed E-state index contributed by atoms with van der Waals surface area (Å²) < 4.78 is 11.0. The van der Waals surface area contributed by atoms with Gasteiger partial charge < -0.3 is 14.4 Å². The smallest absolute Gasteiger partial charge is 0.231 e. The molecule has 3 rings (SSSR count). The SMILES string of the molecule is N#Cc1cccnc1OCC1CCN(C(=O)C2CCOC2)CC1. The van der Waals surface area contributed by atoms with Gasteiger partial charge in [0.25, 0.3) is 0 Å². The zero-order chi connectivity index (χ0) is 16.1. The molecule has 1 unspecified atom stereocenters. The first-order chi connectivity index (χ1) is 11.3. The lowest BCUT2D eigenvalue weighted by Gasteiger charge is -2.33. The maximum Gasteiger partial charge on any atom is 0.231 e. The van der Waals surface area contributed by atoms with Gasteiger partial charge in [-0.1, -0.05) is 0 Å². The predicted molar refractivity (Wildman–Crippen MR) is 82.7 cm³/mol. The van der Waals surface area contributed by atoms with Crippen molar-refractivity contribution in [3.63, 3.8) is 0 Å². The highest BCUT2D eigenvalue weighted by atomic mass is 16.5. The molecule has 122 valence electrons. The van der Waals surface area contributed by atoms with E-state index in [4.69, 9.17) is 14.7 Å². The van der Waals surface area contributed by atoms with Crippen molar-refractivity contribution in [3.8, 4) is 11.9 Å². The van der Waals surface area contributed by atoms with Crippen molar-refractivity contribution in [2.75, 3.05) is 32.9 Å². The number of hydrogen-bond acceptors (Lipinski definition) is 5. The van der Waals surface area contributed by atoms with Gasteiger partial charge in [-0.05, 0) is 37.3 Å². The van der Waals surface area contributed by atoms with Crippen LogP contribution in [0.2, 0.25) is 0 Å². The molecule has 0 N–H and O–H groups in total. The summed E-state index contributed by atoms with van der Waals surface area (Å²) in [5, 5.41) is 9.03. The second-order valence-electron chi connectivity index (χ2n) is 6.11. The fourth-order valence-electron chi connectivity index (χ4n) is 3.10. The first-order valence-corrected chi connectivity index (χ1v) is 8.12. The first kappa shape index (κ1) is 15.8. The Balaban J connectivity index is 1.46. The number of nitrogens with zero attached hydrogens (tertiary/aromatic N) is 3. The molecule has 2 fully saturated rings. The number of amides is 1. The van der Waals surface area contributed by atoms with Crippen molar-refractivity contribution < 1.29 is 14.3 Å². The van der Waals surface area contributed by atoms with Gasteiger partial charge in [0.05, 0.1) is 19.1 Å². The average molecular weight is 315 g/mol. The molecule has 3 heterocycles. The van der Waals surface area contributed by atoms with Crippen LogP contribution in [0.5, 0.6) is 5.88 Å². The van der Waals surface area contributed by atoms with Crippen molar-refractivity contribution in [1.29, 1.82) is 5.26 Å². The molecule has 0 bridgehead atoms. The van der Waals surface area contributed by atoms with Crippen LogP contribution in [-0.4, -0.2) is 48.7 Å². The van der Waals surface area contributed by atoms with Crippen molar-refractivity contribution in [2.45, 2.75) is 19.3 Å². The Morgan fingerprint density at radius 2 is 2.26 bits per heavy atom. The van der Waals surface area contributed by atoms with Crippen LogP contribution in [0.15, 0.2) is 18.3 Å². The standard InChI is InChI=1S/C17H21N3O3/c18-10-14-2-1-6-19-16(14)23-11-13-3-7-20(8-4-13)17(21)15-5-9-22-12-15/h1-2,6,13,15H,3-5,7-9,11-12H2. The molecule has 2 aliphatic rings. The van der Waals surface area contributed by atoms with Gasteiger partial charge >= 0.3 is 0 Å². The Morgan fingerprint density at radius 1 is 1.43 bits per heavy atom. The summed E-state index contributed by atoms with van der Waals surface area (Å²) in [6.45, 7) is 3.36. The topological polar surface area (TPSA) is 75.5 Å².